The van der Waals surface area contributed by atoms with Gasteiger partial charge >= 0.3 is 0 Å². The monoisotopic (exact) mass is 229 g/mol. The van der Waals surface area contributed by atoms with Gasteiger partial charge in [0, 0.05) is 0 Å². The van der Waals surface area contributed by atoms with Gasteiger partial charge in [0.15, 0.2) is 5.78 Å². The molecule has 1 heterocycles. The van der Waals surface area contributed by atoms with E-state index in [4.69, 9.17) is 0 Å². The van der Waals surface area contributed by atoms with Gasteiger partial charge in [-0.1, -0.05) is 24.3 Å². The molecule has 1 aliphatic heterocycles. The highest BCUT2D eigenvalue weighted by molar-refractivity contribution is 6.25. The van der Waals surface area contributed by atoms with Gasteiger partial charge in [0.05, 0.1) is 12.1 Å². The van der Waals surface area contributed by atoms with Crippen LogP contribution in [0.5, 0.6) is 0 Å². The summed E-state index contributed by atoms with van der Waals surface area (Å²) in [4.78, 5) is 22.7. The quantitative estimate of drug-likeness (QED) is 0.616. The molecule has 0 atom stereocenters. The summed E-state index contributed by atoms with van der Waals surface area (Å²) in [6.07, 6.45) is 2.34. The van der Waals surface area contributed by atoms with E-state index in [9.17, 15) is 9.59 Å². The molecule has 1 fully saturated rings. The lowest BCUT2D eigenvalue weighted by atomic mass is 10.0. The normalized spacial score (nSPS) is 17.6. The molecule has 2 rings (SSSR count). The molecule has 1 aliphatic rings. The van der Waals surface area contributed by atoms with Crippen molar-refractivity contribution in [2.45, 2.75) is 20.3 Å². The van der Waals surface area contributed by atoms with Gasteiger partial charge in [-0.3, -0.25) is 9.59 Å². The maximum atomic E-state index is 11.4. The summed E-state index contributed by atoms with van der Waals surface area (Å²) in [7, 11) is 0. The van der Waals surface area contributed by atoms with Gasteiger partial charge in [0.2, 0.25) is 0 Å². The number of Topliss-reactive ketones (excluding diaryl/α,β-unsaturated/α-hetero) is 1. The van der Waals surface area contributed by atoms with Crippen LogP contribution in [0.4, 0.5) is 0 Å². The van der Waals surface area contributed by atoms with E-state index in [-0.39, 0.29) is 18.2 Å². The average Bonchev–Trinajstić information content (AvgIpc) is 2.61. The lowest BCUT2D eigenvalue weighted by molar-refractivity contribution is -0.117. The Labute approximate surface area is 101 Å². The molecular weight excluding hydrogens is 214 g/mol. The zero-order chi connectivity index (χ0) is 12.4. The Balaban J connectivity index is 2.16. The van der Waals surface area contributed by atoms with E-state index in [1.165, 1.54) is 11.1 Å². The molecule has 17 heavy (non-hydrogen) atoms. The molecule has 1 aromatic carbocycles. The fraction of sp³-hybridized carbons (Fsp3) is 0.286. The molecule has 0 aliphatic carbocycles. The fourth-order valence-electron chi connectivity index (χ4n) is 1.83. The number of allylic oxidation sites excluding steroid dienone is 1. The van der Waals surface area contributed by atoms with Crippen molar-refractivity contribution in [1.29, 1.82) is 0 Å². The van der Waals surface area contributed by atoms with Crippen molar-refractivity contribution in [3.63, 3.8) is 0 Å². The Morgan fingerprint density at radius 3 is 2.59 bits per heavy atom. The van der Waals surface area contributed by atoms with Crippen LogP contribution < -0.4 is 5.32 Å². The molecule has 1 saturated heterocycles. The highest BCUT2D eigenvalue weighted by atomic mass is 16.2. The van der Waals surface area contributed by atoms with Crippen molar-refractivity contribution >= 4 is 11.7 Å². The third-order valence-corrected chi connectivity index (χ3v) is 3.07. The Morgan fingerprint density at radius 1 is 1.24 bits per heavy atom. The molecule has 1 amide bonds. The molecule has 3 heteroatoms. The summed E-state index contributed by atoms with van der Waals surface area (Å²) in [5.74, 6) is -0.363. The van der Waals surface area contributed by atoms with Crippen LogP contribution in [0.2, 0.25) is 0 Å². The van der Waals surface area contributed by atoms with E-state index >= 15 is 0 Å². The summed E-state index contributed by atoms with van der Waals surface area (Å²) in [6, 6.07) is 6.17. The van der Waals surface area contributed by atoms with Crippen LogP contribution in [-0.2, 0) is 16.0 Å². The minimum absolute atomic E-state index is 0.112. The van der Waals surface area contributed by atoms with Gasteiger partial charge in [-0.2, -0.15) is 0 Å². The van der Waals surface area contributed by atoms with Gasteiger partial charge < -0.3 is 5.32 Å². The first-order valence-electron chi connectivity index (χ1n) is 5.65. The second-order valence-electron chi connectivity index (χ2n) is 4.35. The van der Waals surface area contributed by atoms with E-state index in [0.717, 1.165) is 5.56 Å². The lowest BCUT2D eigenvalue weighted by Gasteiger charge is -2.02. The third kappa shape index (κ3) is 2.44. The SMILES string of the molecule is Cc1ccc(C/C=C2/C(=O)CNC2=O)cc1C. The Hall–Kier alpha value is -1.90. The molecule has 0 bridgehead atoms. The van der Waals surface area contributed by atoms with Crippen molar-refractivity contribution in [2.75, 3.05) is 6.54 Å². The minimum Gasteiger partial charge on any atom is -0.344 e. The van der Waals surface area contributed by atoms with Crippen molar-refractivity contribution in [3.8, 4) is 0 Å². The minimum atomic E-state index is -0.251. The number of amides is 1. The predicted molar refractivity (Wildman–Crippen MR) is 65.7 cm³/mol. The van der Waals surface area contributed by atoms with Crippen LogP contribution in [0, 0.1) is 13.8 Å². The number of benzene rings is 1. The summed E-state index contributed by atoms with van der Waals surface area (Å²) in [5.41, 5.74) is 3.88. The first-order valence-corrected chi connectivity index (χ1v) is 5.65. The summed E-state index contributed by atoms with van der Waals surface area (Å²) in [6.45, 7) is 4.25. The number of hydrogen-bond acceptors (Lipinski definition) is 2. The Bertz CT molecular complexity index is 497. The number of carbonyl (C=O) groups is 2. The first-order chi connectivity index (χ1) is 8.08. The van der Waals surface area contributed by atoms with Crippen LogP contribution >= 0.6 is 0 Å². The predicted octanol–water partition coefficient (Wildman–Crippen LogP) is 1.47. The van der Waals surface area contributed by atoms with Gasteiger partial charge in [-0.15, -0.1) is 0 Å². The zero-order valence-electron chi connectivity index (χ0n) is 10.0. The summed E-state index contributed by atoms with van der Waals surface area (Å²) in [5, 5.41) is 2.52. The maximum absolute atomic E-state index is 11.4. The van der Waals surface area contributed by atoms with E-state index in [1.807, 2.05) is 6.07 Å². The molecular formula is C14H15NO2. The molecule has 0 radical (unpaired) electrons. The van der Waals surface area contributed by atoms with Crippen LogP contribution in [0.25, 0.3) is 0 Å². The largest absolute Gasteiger partial charge is 0.344 e. The van der Waals surface area contributed by atoms with Crippen molar-refractivity contribution in [1.82, 2.24) is 5.32 Å². The first kappa shape index (κ1) is 11.6. The number of carbonyl (C=O) groups excluding carboxylic acids is 2. The molecule has 0 unspecified atom stereocenters. The zero-order valence-corrected chi connectivity index (χ0v) is 10.0. The molecule has 0 spiro atoms. The average molecular weight is 229 g/mol. The van der Waals surface area contributed by atoms with E-state index in [1.54, 1.807) is 6.08 Å². The summed E-state index contributed by atoms with van der Waals surface area (Å²) < 4.78 is 0. The van der Waals surface area contributed by atoms with Crippen molar-refractivity contribution in [3.05, 3.63) is 46.5 Å². The van der Waals surface area contributed by atoms with Crippen LogP contribution in [0.3, 0.4) is 0 Å². The fourth-order valence-corrected chi connectivity index (χ4v) is 1.83. The lowest BCUT2D eigenvalue weighted by Crippen LogP contribution is -2.14. The van der Waals surface area contributed by atoms with Gasteiger partial charge in [-0.05, 0) is 37.0 Å². The number of nitrogens with one attached hydrogen (secondary N) is 1. The number of hydrogen-bond donors (Lipinski definition) is 1. The van der Waals surface area contributed by atoms with Crippen molar-refractivity contribution in [2.24, 2.45) is 0 Å². The van der Waals surface area contributed by atoms with Gasteiger partial charge in [0.25, 0.3) is 5.91 Å². The summed E-state index contributed by atoms with van der Waals surface area (Å²) >= 11 is 0. The van der Waals surface area contributed by atoms with Gasteiger partial charge in [0.1, 0.15) is 0 Å². The Kier molecular flexibility index (Phi) is 3.09. The molecule has 1 aromatic rings. The molecule has 1 N–H and O–H groups in total. The van der Waals surface area contributed by atoms with E-state index < -0.39 is 0 Å². The Morgan fingerprint density at radius 2 is 2.00 bits per heavy atom. The molecule has 0 aromatic heterocycles. The molecule has 3 nitrogen and oxygen atoms in total. The smallest absolute Gasteiger partial charge is 0.255 e. The highest BCUT2D eigenvalue weighted by Crippen LogP contribution is 2.12. The number of rotatable bonds is 2. The number of aryl methyl sites for hydroxylation is 2. The molecule has 88 valence electrons. The third-order valence-electron chi connectivity index (χ3n) is 3.07. The maximum Gasteiger partial charge on any atom is 0.255 e. The highest BCUT2D eigenvalue weighted by Gasteiger charge is 2.24. The number of ketones is 1. The standard InChI is InChI=1S/C14H15NO2/c1-9-3-4-11(7-10(9)2)5-6-12-13(16)8-15-14(12)17/h3-4,6-7H,5,8H2,1-2H3,(H,15,17)/b12-6-. The van der Waals surface area contributed by atoms with E-state index in [2.05, 4.69) is 31.3 Å². The van der Waals surface area contributed by atoms with Crippen LogP contribution in [0.1, 0.15) is 16.7 Å². The second-order valence-corrected chi connectivity index (χ2v) is 4.35. The molecule has 0 saturated carbocycles. The topological polar surface area (TPSA) is 46.2 Å². The second kappa shape index (κ2) is 4.53. The van der Waals surface area contributed by atoms with Crippen molar-refractivity contribution < 1.29 is 9.59 Å². The van der Waals surface area contributed by atoms with Crippen LogP contribution in [0.15, 0.2) is 29.8 Å². The van der Waals surface area contributed by atoms with Crippen LogP contribution in [-0.4, -0.2) is 18.2 Å². The van der Waals surface area contributed by atoms with Gasteiger partial charge in [-0.25, -0.2) is 0 Å². The van der Waals surface area contributed by atoms with E-state index in [0.29, 0.717) is 12.0 Å².